The lowest BCUT2D eigenvalue weighted by Crippen LogP contribution is -2.46. The lowest BCUT2D eigenvalue weighted by molar-refractivity contribution is -0.163. The van der Waals surface area contributed by atoms with E-state index < -0.39 is 11.6 Å². The van der Waals surface area contributed by atoms with Crippen LogP contribution in [0.1, 0.15) is 31.8 Å². The highest BCUT2D eigenvalue weighted by Gasteiger charge is 2.31. The van der Waals surface area contributed by atoms with Crippen LogP contribution < -0.4 is 5.32 Å². The highest BCUT2D eigenvalue weighted by atomic mass is 35.5. The fourth-order valence-electron chi connectivity index (χ4n) is 1.61. The molecule has 1 rings (SSSR count). The molecule has 1 heterocycles. The standard InChI is InChI=1S/C13H18ClNO4S/c1-8(16)19-13(2,3)12(17)15-7-9(18-4)10-5-6-11(14)20-10/h5-6,9H,7H2,1-4H3,(H,15,17)/t9-/m0/s1. The van der Waals surface area contributed by atoms with Crippen LogP contribution in [0.4, 0.5) is 0 Å². The molecule has 0 saturated carbocycles. The van der Waals surface area contributed by atoms with E-state index in [9.17, 15) is 9.59 Å². The summed E-state index contributed by atoms with van der Waals surface area (Å²) in [5, 5.41) is 2.71. The first-order chi connectivity index (χ1) is 9.26. The molecule has 1 amide bonds. The molecular weight excluding hydrogens is 302 g/mol. The summed E-state index contributed by atoms with van der Waals surface area (Å²) < 4.78 is 10.9. The summed E-state index contributed by atoms with van der Waals surface area (Å²) in [6, 6.07) is 3.63. The van der Waals surface area contributed by atoms with Crippen LogP contribution in [0.5, 0.6) is 0 Å². The van der Waals surface area contributed by atoms with Gasteiger partial charge in [-0.25, -0.2) is 0 Å². The number of carbonyl (C=O) groups is 2. The molecule has 112 valence electrons. The smallest absolute Gasteiger partial charge is 0.303 e. The molecule has 0 fully saturated rings. The Morgan fingerprint density at radius 2 is 2.10 bits per heavy atom. The van der Waals surface area contributed by atoms with Gasteiger partial charge in [0.2, 0.25) is 0 Å². The zero-order valence-electron chi connectivity index (χ0n) is 11.9. The fourth-order valence-corrected chi connectivity index (χ4v) is 2.74. The van der Waals surface area contributed by atoms with E-state index >= 15 is 0 Å². The largest absolute Gasteiger partial charge is 0.450 e. The van der Waals surface area contributed by atoms with Crippen molar-refractivity contribution in [1.82, 2.24) is 5.32 Å². The SMILES string of the molecule is CO[C@@H](CNC(=O)C(C)(C)OC(C)=O)c1ccc(Cl)s1. The molecule has 5 nitrogen and oxygen atoms in total. The fraction of sp³-hybridized carbons (Fsp3) is 0.538. The van der Waals surface area contributed by atoms with Gasteiger partial charge in [-0.2, -0.15) is 0 Å². The van der Waals surface area contributed by atoms with Crippen LogP contribution in [0.2, 0.25) is 4.34 Å². The van der Waals surface area contributed by atoms with Crippen molar-refractivity contribution in [2.75, 3.05) is 13.7 Å². The first-order valence-electron chi connectivity index (χ1n) is 6.02. The first-order valence-corrected chi connectivity index (χ1v) is 7.21. The maximum absolute atomic E-state index is 12.0. The van der Waals surface area contributed by atoms with Crippen molar-refractivity contribution in [3.8, 4) is 0 Å². The van der Waals surface area contributed by atoms with Gasteiger partial charge in [-0.05, 0) is 26.0 Å². The summed E-state index contributed by atoms with van der Waals surface area (Å²) >= 11 is 7.27. The second-order valence-corrected chi connectivity index (χ2v) is 6.43. The maximum Gasteiger partial charge on any atom is 0.303 e. The first kappa shape index (κ1) is 16.9. The number of hydrogen-bond acceptors (Lipinski definition) is 5. The Morgan fingerprint density at radius 3 is 2.55 bits per heavy atom. The van der Waals surface area contributed by atoms with Crippen molar-refractivity contribution in [2.24, 2.45) is 0 Å². The van der Waals surface area contributed by atoms with Crippen LogP contribution in [-0.2, 0) is 19.1 Å². The van der Waals surface area contributed by atoms with E-state index in [1.165, 1.54) is 32.1 Å². The third-order valence-corrected chi connectivity index (χ3v) is 3.91. The van der Waals surface area contributed by atoms with Crippen LogP contribution >= 0.6 is 22.9 Å². The lowest BCUT2D eigenvalue weighted by atomic mass is 10.1. The van der Waals surface area contributed by atoms with Crippen LogP contribution in [-0.4, -0.2) is 31.1 Å². The summed E-state index contributed by atoms with van der Waals surface area (Å²) in [6.07, 6.45) is -0.287. The summed E-state index contributed by atoms with van der Waals surface area (Å²) in [7, 11) is 1.56. The average Bonchev–Trinajstić information content (AvgIpc) is 2.74. The third-order valence-electron chi connectivity index (χ3n) is 2.59. The van der Waals surface area contributed by atoms with E-state index in [4.69, 9.17) is 21.1 Å². The second-order valence-electron chi connectivity index (χ2n) is 4.68. The van der Waals surface area contributed by atoms with Crippen molar-refractivity contribution in [1.29, 1.82) is 0 Å². The highest BCUT2D eigenvalue weighted by molar-refractivity contribution is 7.16. The predicted molar refractivity (Wildman–Crippen MR) is 77.9 cm³/mol. The van der Waals surface area contributed by atoms with Crippen molar-refractivity contribution >= 4 is 34.8 Å². The molecule has 0 aliphatic rings. The van der Waals surface area contributed by atoms with Gasteiger partial charge in [0.1, 0.15) is 6.10 Å². The van der Waals surface area contributed by atoms with Gasteiger partial charge in [0.15, 0.2) is 5.60 Å². The molecule has 0 aromatic carbocycles. The number of amides is 1. The Kier molecular flexibility index (Phi) is 5.98. The van der Waals surface area contributed by atoms with Gasteiger partial charge in [-0.1, -0.05) is 11.6 Å². The summed E-state index contributed by atoms with van der Waals surface area (Å²) in [5.41, 5.74) is -1.21. The minimum atomic E-state index is -1.21. The number of halogens is 1. The Hall–Kier alpha value is -1.11. The van der Waals surface area contributed by atoms with Gasteiger partial charge < -0.3 is 14.8 Å². The molecule has 1 N–H and O–H groups in total. The number of carbonyl (C=O) groups excluding carboxylic acids is 2. The summed E-state index contributed by atoms with van der Waals surface area (Å²) in [6.45, 7) is 4.61. The molecule has 1 atom stereocenters. The van der Waals surface area contributed by atoms with Gasteiger partial charge in [-0.3, -0.25) is 9.59 Å². The molecule has 1 aromatic rings. The Labute approximate surface area is 127 Å². The quantitative estimate of drug-likeness (QED) is 0.818. The topological polar surface area (TPSA) is 64.6 Å². The number of esters is 1. The van der Waals surface area contributed by atoms with E-state index in [-0.39, 0.29) is 18.6 Å². The third kappa shape index (κ3) is 4.77. The zero-order chi connectivity index (χ0) is 15.3. The number of nitrogens with one attached hydrogen (secondary N) is 1. The van der Waals surface area contributed by atoms with Crippen LogP contribution in [0.3, 0.4) is 0 Å². The molecule has 1 aromatic heterocycles. The van der Waals surface area contributed by atoms with E-state index in [2.05, 4.69) is 5.32 Å². The van der Waals surface area contributed by atoms with Gasteiger partial charge in [0, 0.05) is 25.5 Å². The lowest BCUT2D eigenvalue weighted by Gasteiger charge is -2.24. The van der Waals surface area contributed by atoms with Gasteiger partial charge in [0.25, 0.3) is 5.91 Å². The Morgan fingerprint density at radius 1 is 1.45 bits per heavy atom. The van der Waals surface area contributed by atoms with Crippen LogP contribution in [0, 0.1) is 0 Å². The molecule has 0 aliphatic heterocycles. The monoisotopic (exact) mass is 319 g/mol. The summed E-state index contributed by atoms with van der Waals surface area (Å²) in [5.74, 6) is -0.879. The maximum atomic E-state index is 12.0. The number of methoxy groups -OCH3 is 1. The molecule has 0 saturated heterocycles. The van der Waals surface area contributed by atoms with E-state index in [1.807, 2.05) is 6.07 Å². The van der Waals surface area contributed by atoms with Crippen molar-refractivity contribution in [3.05, 3.63) is 21.3 Å². The molecule has 0 spiro atoms. The van der Waals surface area contributed by atoms with Gasteiger partial charge in [0.05, 0.1) is 4.34 Å². The molecule has 7 heteroatoms. The zero-order valence-corrected chi connectivity index (χ0v) is 13.4. The van der Waals surface area contributed by atoms with Crippen molar-refractivity contribution < 1.29 is 19.1 Å². The van der Waals surface area contributed by atoms with E-state index in [1.54, 1.807) is 13.2 Å². The van der Waals surface area contributed by atoms with Gasteiger partial charge in [-0.15, -0.1) is 11.3 Å². The molecule has 0 radical (unpaired) electrons. The van der Waals surface area contributed by atoms with E-state index in [0.29, 0.717) is 4.34 Å². The molecule has 0 bridgehead atoms. The second kappa shape index (κ2) is 7.06. The molecular formula is C13H18ClNO4S. The van der Waals surface area contributed by atoms with E-state index in [0.717, 1.165) is 4.88 Å². The highest BCUT2D eigenvalue weighted by Crippen LogP contribution is 2.28. The predicted octanol–water partition coefficient (Wildman–Crippen LogP) is 2.55. The minimum Gasteiger partial charge on any atom is -0.450 e. The normalized spacial score (nSPS) is 12.8. The molecule has 0 aliphatic carbocycles. The number of ether oxygens (including phenoxy) is 2. The molecule has 20 heavy (non-hydrogen) atoms. The van der Waals surface area contributed by atoms with Crippen LogP contribution in [0.15, 0.2) is 12.1 Å². The average molecular weight is 320 g/mol. The number of thiophene rings is 1. The van der Waals surface area contributed by atoms with Gasteiger partial charge >= 0.3 is 5.97 Å². The Bertz CT molecular complexity index is 486. The van der Waals surface area contributed by atoms with Crippen LogP contribution in [0.25, 0.3) is 0 Å². The minimum absolute atomic E-state index is 0.275. The summed E-state index contributed by atoms with van der Waals surface area (Å²) in [4.78, 5) is 23.9. The molecule has 0 unspecified atom stereocenters. The Balaban J connectivity index is 2.60. The number of hydrogen-bond donors (Lipinski definition) is 1. The van der Waals surface area contributed by atoms with Crippen molar-refractivity contribution in [3.63, 3.8) is 0 Å². The number of rotatable bonds is 6. The van der Waals surface area contributed by atoms with Crippen molar-refractivity contribution in [2.45, 2.75) is 32.5 Å².